The van der Waals surface area contributed by atoms with E-state index < -0.39 is 0 Å². The first kappa shape index (κ1) is 14.5. The molecule has 1 aromatic heterocycles. The first-order valence-electron chi connectivity index (χ1n) is 7.84. The Morgan fingerprint density at radius 1 is 1.43 bits per heavy atom. The van der Waals surface area contributed by atoms with Gasteiger partial charge in [-0.15, -0.1) is 0 Å². The SMILES string of the molecule is Cc1nc2ccccc2n1C(C)CC(C)(CO)NC1CC1. The summed E-state index contributed by atoms with van der Waals surface area (Å²) in [5.74, 6) is 1.04. The van der Waals surface area contributed by atoms with Crippen molar-refractivity contribution in [3.05, 3.63) is 30.1 Å². The fraction of sp³-hybridized carbons (Fsp3) is 0.588. The minimum atomic E-state index is -0.224. The molecule has 1 aliphatic rings. The monoisotopic (exact) mass is 287 g/mol. The van der Waals surface area contributed by atoms with Gasteiger partial charge >= 0.3 is 0 Å². The molecule has 2 atom stereocenters. The number of hydrogen-bond acceptors (Lipinski definition) is 3. The highest BCUT2D eigenvalue weighted by atomic mass is 16.3. The summed E-state index contributed by atoms with van der Waals surface area (Å²) in [6, 6.07) is 9.14. The van der Waals surface area contributed by atoms with E-state index in [4.69, 9.17) is 0 Å². The Bertz CT molecular complexity index is 632. The Morgan fingerprint density at radius 2 is 2.14 bits per heavy atom. The van der Waals surface area contributed by atoms with Crippen LogP contribution in [0.25, 0.3) is 11.0 Å². The highest BCUT2D eigenvalue weighted by Gasteiger charge is 2.33. The number of nitrogens with one attached hydrogen (secondary N) is 1. The number of aromatic nitrogens is 2. The van der Waals surface area contributed by atoms with Gasteiger partial charge in [-0.2, -0.15) is 0 Å². The number of nitrogens with zero attached hydrogens (tertiary/aromatic N) is 2. The number of benzene rings is 1. The van der Waals surface area contributed by atoms with Crippen molar-refractivity contribution >= 4 is 11.0 Å². The molecule has 114 valence electrons. The predicted octanol–water partition coefficient (Wildman–Crippen LogP) is 2.80. The summed E-state index contributed by atoms with van der Waals surface area (Å²) in [7, 11) is 0. The van der Waals surface area contributed by atoms with E-state index in [-0.39, 0.29) is 12.1 Å². The second-order valence-corrected chi connectivity index (χ2v) is 6.71. The third-order valence-electron chi connectivity index (χ3n) is 4.44. The summed E-state index contributed by atoms with van der Waals surface area (Å²) in [5.41, 5.74) is 2.00. The van der Waals surface area contributed by atoms with Gasteiger partial charge in [0.25, 0.3) is 0 Å². The van der Waals surface area contributed by atoms with Crippen LogP contribution < -0.4 is 5.32 Å². The van der Waals surface area contributed by atoms with E-state index >= 15 is 0 Å². The molecule has 1 fully saturated rings. The van der Waals surface area contributed by atoms with Crippen molar-refractivity contribution in [1.82, 2.24) is 14.9 Å². The van der Waals surface area contributed by atoms with Crippen molar-refractivity contribution in [2.45, 2.75) is 57.7 Å². The lowest BCUT2D eigenvalue weighted by Crippen LogP contribution is -2.48. The first-order valence-corrected chi connectivity index (χ1v) is 7.84. The molecule has 4 heteroatoms. The van der Waals surface area contributed by atoms with E-state index in [2.05, 4.69) is 53.8 Å². The number of hydrogen-bond donors (Lipinski definition) is 2. The molecule has 0 aliphatic heterocycles. The molecule has 1 aromatic carbocycles. The van der Waals surface area contributed by atoms with Gasteiger partial charge in [-0.1, -0.05) is 12.1 Å². The fourth-order valence-corrected chi connectivity index (χ4v) is 3.35. The Kier molecular flexibility index (Phi) is 3.76. The molecule has 3 rings (SSSR count). The van der Waals surface area contributed by atoms with Gasteiger partial charge in [-0.25, -0.2) is 4.98 Å². The van der Waals surface area contributed by atoms with Crippen molar-refractivity contribution < 1.29 is 5.11 Å². The topological polar surface area (TPSA) is 50.1 Å². The summed E-state index contributed by atoms with van der Waals surface area (Å²) in [4.78, 5) is 4.64. The molecule has 2 unspecified atom stereocenters. The molecule has 2 aromatic rings. The molecule has 0 saturated heterocycles. The summed E-state index contributed by atoms with van der Waals surface area (Å²) in [6.45, 7) is 6.56. The zero-order chi connectivity index (χ0) is 15.0. The third kappa shape index (κ3) is 2.97. The molecule has 0 bridgehead atoms. The van der Waals surface area contributed by atoms with Gasteiger partial charge in [-0.05, 0) is 52.2 Å². The number of rotatable bonds is 6. The Hall–Kier alpha value is -1.39. The second kappa shape index (κ2) is 5.43. The zero-order valence-electron chi connectivity index (χ0n) is 13.1. The van der Waals surface area contributed by atoms with Crippen LogP contribution in [-0.4, -0.2) is 32.8 Å². The maximum absolute atomic E-state index is 9.80. The van der Waals surface area contributed by atoms with Gasteiger partial charge in [0, 0.05) is 17.6 Å². The summed E-state index contributed by atoms with van der Waals surface area (Å²) >= 11 is 0. The quantitative estimate of drug-likeness (QED) is 0.859. The van der Waals surface area contributed by atoms with Crippen molar-refractivity contribution in [3.8, 4) is 0 Å². The molecule has 1 saturated carbocycles. The normalized spacial score (nSPS) is 19.6. The lowest BCUT2D eigenvalue weighted by Gasteiger charge is -2.33. The van der Waals surface area contributed by atoms with E-state index in [1.54, 1.807) is 0 Å². The first-order chi connectivity index (χ1) is 10.0. The van der Waals surface area contributed by atoms with Crippen molar-refractivity contribution in [2.24, 2.45) is 0 Å². The number of para-hydroxylation sites is 2. The Morgan fingerprint density at radius 3 is 2.81 bits per heavy atom. The Labute approximate surface area is 126 Å². The number of imidazole rings is 1. The molecule has 0 radical (unpaired) electrons. The van der Waals surface area contributed by atoms with E-state index in [0.717, 1.165) is 17.8 Å². The lowest BCUT2D eigenvalue weighted by molar-refractivity contribution is 0.149. The summed E-state index contributed by atoms with van der Waals surface area (Å²) < 4.78 is 2.29. The van der Waals surface area contributed by atoms with Crippen LogP contribution >= 0.6 is 0 Å². The van der Waals surface area contributed by atoms with E-state index in [1.807, 2.05) is 6.07 Å². The van der Waals surface area contributed by atoms with Gasteiger partial charge in [0.2, 0.25) is 0 Å². The molecular weight excluding hydrogens is 262 g/mol. The largest absolute Gasteiger partial charge is 0.394 e. The van der Waals surface area contributed by atoms with Crippen LogP contribution in [0.1, 0.15) is 45.0 Å². The smallest absolute Gasteiger partial charge is 0.106 e. The highest BCUT2D eigenvalue weighted by molar-refractivity contribution is 5.76. The van der Waals surface area contributed by atoms with Gasteiger partial charge in [0.1, 0.15) is 5.82 Å². The lowest BCUT2D eigenvalue weighted by atomic mass is 9.94. The molecule has 21 heavy (non-hydrogen) atoms. The van der Waals surface area contributed by atoms with Crippen LogP contribution in [0.3, 0.4) is 0 Å². The molecule has 1 heterocycles. The number of aliphatic hydroxyl groups is 1. The maximum atomic E-state index is 9.80. The van der Waals surface area contributed by atoms with Crippen LogP contribution in [0.2, 0.25) is 0 Å². The molecule has 2 N–H and O–H groups in total. The van der Waals surface area contributed by atoms with Gasteiger partial charge in [0.05, 0.1) is 17.6 Å². The fourth-order valence-electron chi connectivity index (χ4n) is 3.35. The highest BCUT2D eigenvalue weighted by Crippen LogP contribution is 2.30. The Balaban J connectivity index is 1.85. The van der Waals surface area contributed by atoms with Crippen LogP contribution in [0.5, 0.6) is 0 Å². The van der Waals surface area contributed by atoms with Gasteiger partial charge in [0.15, 0.2) is 0 Å². The maximum Gasteiger partial charge on any atom is 0.106 e. The molecular formula is C17H25N3O. The average Bonchev–Trinajstić information content (AvgIpc) is 3.17. The van der Waals surface area contributed by atoms with E-state index in [1.165, 1.54) is 18.4 Å². The van der Waals surface area contributed by atoms with E-state index in [0.29, 0.717) is 12.1 Å². The van der Waals surface area contributed by atoms with Crippen LogP contribution in [0, 0.1) is 6.92 Å². The summed E-state index contributed by atoms with van der Waals surface area (Å²) in [5, 5.41) is 13.4. The van der Waals surface area contributed by atoms with Crippen molar-refractivity contribution in [3.63, 3.8) is 0 Å². The van der Waals surface area contributed by atoms with Gasteiger partial charge in [-0.3, -0.25) is 0 Å². The van der Waals surface area contributed by atoms with Crippen LogP contribution in [-0.2, 0) is 0 Å². The molecule has 1 aliphatic carbocycles. The number of fused-ring (bicyclic) bond motifs is 1. The van der Waals surface area contributed by atoms with E-state index in [9.17, 15) is 5.11 Å². The van der Waals surface area contributed by atoms with Crippen molar-refractivity contribution in [1.29, 1.82) is 0 Å². The van der Waals surface area contributed by atoms with Gasteiger partial charge < -0.3 is 15.0 Å². The molecule has 0 spiro atoms. The van der Waals surface area contributed by atoms with Crippen LogP contribution in [0.15, 0.2) is 24.3 Å². The standard InChI is InChI=1S/C17H25N3O/c1-12(10-17(3,11-21)19-14-8-9-14)20-13(2)18-15-6-4-5-7-16(15)20/h4-7,12,14,19,21H,8-11H2,1-3H3. The third-order valence-corrected chi connectivity index (χ3v) is 4.44. The number of aryl methyl sites for hydroxylation is 1. The second-order valence-electron chi connectivity index (χ2n) is 6.71. The minimum absolute atomic E-state index is 0.166. The average molecular weight is 287 g/mol. The summed E-state index contributed by atoms with van der Waals surface area (Å²) in [6.07, 6.45) is 3.36. The number of aliphatic hydroxyl groups excluding tert-OH is 1. The van der Waals surface area contributed by atoms with Crippen molar-refractivity contribution in [2.75, 3.05) is 6.61 Å². The van der Waals surface area contributed by atoms with Crippen LogP contribution in [0.4, 0.5) is 0 Å². The molecule has 4 nitrogen and oxygen atoms in total. The minimum Gasteiger partial charge on any atom is -0.394 e. The predicted molar refractivity (Wildman–Crippen MR) is 85.4 cm³/mol. The molecule has 0 amide bonds. The zero-order valence-corrected chi connectivity index (χ0v) is 13.1.